The molecule has 2 atom stereocenters. The quantitative estimate of drug-likeness (QED) is 0.173. The lowest BCUT2D eigenvalue weighted by Crippen LogP contribution is -2.25. The van der Waals surface area contributed by atoms with E-state index in [0.29, 0.717) is 17.5 Å². The maximum absolute atomic E-state index is 6.78. The Morgan fingerprint density at radius 2 is 0.961 bits per heavy atom. The van der Waals surface area contributed by atoms with Gasteiger partial charge in [-0.2, -0.15) is 0 Å². The van der Waals surface area contributed by atoms with Crippen LogP contribution in [0.25, 0.3) is 66.6 Å². The predicted octanol–water partition coefficient (Wildman–Crippen LogP) is 11.2. The van der Waals surface area contributed by atoms with Crippen LogP contribution in [0.1, 0.15) is 22.9 Å². The van der Waals surface area contributed by atoms with Crippen molar-refractivity contribution in [3.8, 4) is 39.7 Å². The van der Waals surface area contributed by atoms with Crippen LogP contribution in [0.2, 0.25) is 0 Å². The molecule has 51 heavy (non-hydrogen) atoms. The fourth-order valence-electron chi connectivity index (χ4n) is 7.63. The molecule has 0 radical (unpaired) electrons. The number of nitrogens with zero attached hydrogens (tertiary/aromatic N) is 3. The summed E-state index contributed by atoms with van der Waals surface area (Å²) in [7, 11) is 0. The minimum atomic E-state index is -0.223. The van der Waals surface area contributed by atoms with Crippen LogP contribution >= 0.6 is 0 Å². The largest absolute Gasteiger partial charge is 0.484 e. The van der Waals surface area contributed by atoms with Crippen LogP contribution in [0, 0.1) is 0 Å². The minimum Gasteiger partial charge on any atom is -0.484 e. The highest BCUT2D eigenvalue weighted by molar-refractivity contribution is 6.08. The standard InChI is InChI=1S/C47H31N3O/c1-3-11-30(12-4-1)31-19-21-33(22-20-31)39-27-28-41(43-40-17-9-10-18-42(40)51-44(39)43)47-49-45(34-14-5-2-6-15-34)48-46(50-47)36-25-26-38-35(29-36)24-23-32-13-7-8-16-37(32)38/h1-29,43-44H. The number of benzene rings is 7. The fourth-order valence-corrected chi connectivity index (χ4v) is 7.63. The molecular weight excluding hydrogens is 623 g/mol. The van der Waals surface area contributed by atoms with Gasteiger partial charge in [0, 0.05) is 27.8 Å². The van der Waals surface area contributed by atoms with Gasteiger partial charge in [0.15, 0.2) is 17.5 Å². The van der Waals surface area contributed by atoms with Crippen molar-refractivity contribution in [1.29, 1.82) is 0 Å². The molecule has 0 saturated carbocycles. The first-order chi connectivity index (χ1) is 25.3. The topological polar surface area (TPSA) is 47.9 Å². The van der Waals surface area contributed by atoms with E-state index >= 15 is 0 Å². The Morgan fingerprint density at radius 1 is 0.392 bits per heavy atom. The summed E-state index contributed by atoms with van der Waals surface area (Å²) in [5.41, 5.74) is 8.71. The molecule has 0 bridgehead atoms. The average Bonchev–Trinajstić information content (AvgIpc) is 3.61. The molecule has 1 aliphatic carbocycles. The maximum Gasteiger partial charge on any atom is 0.164 e. The summed E-state index contributed by atoms with van der Waals surface area (Å²) >= 11 is 0. The van der Waals surface area contributed by atoms with E-state index in [1.165, 1.54) is 27.3 Å². The number of aromatic nitrogens is 3. The zero-order valence-electron chi connectivity index (χ0n) is 27.6. The Balaban J connectivity index is 1.12. The molecule has 4 heteroatoms. The molecule has 2 unspecified atom stereocenters. The van der Waals surface area contributed by atoms with Crippen molar-refractivity contribution in [2.75, 3.05) is 0 Å². The number of para-hydroxylation sites is 1. The van der Waals surface area contributed by atoms with Gasteiger partial charge in [0.25, 0.3) is 0 Å². The molecule has 0 N–H and O–H groups in total. The van der Waals surface area contributed by atoms with Crippen LogP contribution in [0.5, 0.6) is 5.75 Å². The lowest BCUT2D eigenvalue weighted by Gasteiger charge is -2.27. The number of fused-ring (bicyclic) bond motifs is 6. The number of rotatable bonds is 5. The normalized spacial score (nSPS) is 16.2. The third-order valence-corrected chi connectivity index (χ3v) is 10.1. The molecule has 0 amide bonds. The zero-order chi connectivity index (χ0) is 33.7. The highest BCUT2D eigenvalue weighted by Crippen LogP contribution is 2.51. The summed E-state index contributed by atoms with van der Waals surface area (Å²) in [4.78, 5) is 15.4. The third-order valence-electron chi connectivity index (χ3n) is 10.1. The number of allylic oxidation sites excluding steroid dienone is 2. The van der Waals surface area contributed by atoms with Crippen molar-refractivity contribution in [3.63, 3.8) is 0 Å². The van der Waals surface area contributed by atoms with E-state index < -0.39 is 0 Å². The monoisotopic (exact) mass is 653 g/mol. The second-order valence-corrected chi connectivity index (χ2v) is 13.1. The van der Waals surface area contributed by atoms with Gasteiger partial charge in [-0.15, -0.1) is 0 Å². The highest BCUT2D eigenvalue weighted by atomic mass is 16.5. The lowest BCUT2D eigenvalue weighted by atomic mass is 9.78. The van der Waals surface area contributed by atoms with Crippen molar-refractivity contribution < 1.29 is 4.74 Å². The summed E-state index contributed by atoms with van der Waals surface area (Å²) in [6, 6.07) is 57.2. The van der Waals surface area contributed by atoms with E-state index in [0.717, 1.165) is 44.5 Å². The number of hydrogen-bond acceptors (Lipinski definition) is 4. The minimum absolute atomic E-state index is 0.0863. The van der Waals surface area contributed by atoms with Gasteiger partial charge in [-0.25, -0.2) is 15.0 Å². The first-order valence-electron chi connectivity index (χ1n) is 17.3. The van der Waals surface area contributed by atoms with Crippen LogP contribution < -0.4 is 4.74 Å². The molecule has 0 fully saturated rings. The number of ether oxygens (including phenoxy) is 1. The first-order valence-corrected chi connectivity index (χ1v) is 17.3. The van der Waals surface area contributed by atoms with Crippen molar-refractivity contribution >= 4 is 32.7 Å². The molecule has 0 spiro atoms. The van der Waals surface area contributed by atoms with Gasteiger partial charge in [-0.3, -0.25) is 0 Å². The smallest absolute Gasteiger partial charge is 0.164 e. The summed E-state index contributed by atoms with van der Waals surface area (Å²) in [6.45, 7) is 0. The molecule has 0 saturated heterocycles. The van der Waals surface area contributed by atoms with Crippen molar-refractivity contribution in [3.05, 3.63) is 193 Å². The van der Waals surface area contributed by atoms with Crippen molar-refractivity contribution in [1.82, 2.24) is 15.0 Å². The zero-order valence-corrected chi connectivity index (χ0v) is 27.6. The summed E-state index contributed by atoms with van der Waals surface area (Å²) < 4.78 is 6.78. The molecule has 1 aromatic heterocycles. The molecule has 2 heterocycles. The second kappa shape index (κ2) is 12.0. The Hall–Kier alpha value is -6.65. The molecule has 240 valence electrons. The number of hydrogen-bond donors (Lipinski definition) is 0. The van der Waals surface area contributed by atoms with E-state index in [4.69, 9.17) is 19.7 Å². The first kappa shape index (κ1) is 29.3. The molecule has 1 aliphatic heterocycles. The van der Waals surface area contributed by atoms with Crippen LogP contribution in [0.3, 0.4) is 0 Å². The highest BCUT2D eigenvalue weighted by Gasteiger charge is 2.42. The van der Waals surface area contributed by atoms with Crippen LogP contribution in [0.4, 0.5) is 0 Å². The SMILES string of the molecule is C1=C(c2ccc(-c3ccccc3)cc2)C2Oc3ccccc3C2C(c2nc(-c3ccccc3)nc(-c3ccc4c(ccc5ccccc54)c3)n2)=C1. The molecule has 4 nitrogen and oxygen atoms in total. The molecular formula is C47H31N3O. The molecule has 10 rings (SSSR count). The Labute approximate surface area is 296 Å². The van der Waals surface area contributed by atoms with E-state index in [9.17, 15) is 0 Å². The Morgan fingerprint density at radius 3 is 1.78 bits per heavy atom. The molecule has 2 aliphatic rings. The molecule has 7 aromatic carbocycles. The van der Waals surface area contributed by atoms with E-state index in [2.05, 4.69) is 146 Å². The van der Waals surface area contributed by atoms with Crippen LogP contribution in [0.15, 0.2) is 176 Å². The Bertz CT molecular complexity index is 2660. The van der Waals surface area contributed by atoms with Gasteiger partial charge < -0.3 is 4.74 Å². The van der Waals surface area contributed by atoms with Crippen molar-refractivity contribution in [2.24, 2.45) is 0 Å². The maximum atomic E-state index is 6.78. The summed E-state index contributed by atoms with van der Waals surface area (Å²) in [5, 5.41) is 4.82. The Kier molecular flexibility index (Phi) is 6.91. The molecule has 8 aromatic rings. The van der Waals surface area contributed by atoms with Gasteiger partial charge in [0.2, 0.25) is 0 Å². The van der Waals surface area contributed by atoms with Gasteiger partial charge in [0.1, 0.15) is 11.9 Å². The van der Waals surface area contributed by atoms with Gasteiger partial charge in [-0.1, -0.05) is 164 Å². The second-order valence-electron chi connectivity index (χ2n) is 13.1. The fraction of sp³-hybridized carbons (Fsp3) is 0.0426. The van der Waals surface area contributed by atoms with Crippen LogP contribution in [-0.2, 0) is 0 Å². The van der Waals surface area contributed by atoms with E-state index in [1.54, 1.807) is 0 Å². The van der Waals surface area contributed by atoms with Crippen LogP contribution in [-0.4, -0.2) is 21.1 Å². The van der Waals surface area contributed by atoms with E-state index in [-0.39, 0.29) is 12.0 Å². The van der Waals surface area contributed by atoms with Gasteiger partial charge in [-0.05, 0) is 50.4 Å². The lowest BCUT2D eigenvalue weighted by molar-refractivity contribution is 0.281. The van der Waals surface area contributed by atoms with Gasteiger partial charge in [0.05, 0.1) is 5.92 Å². The van der Waals surface area contributed by atoms with Crippen molar-refractivity contribution in [2.45, 2.75) is 12.0 Å². The third kappa shape index (κ3) is 5.12. The average molecular weight is 654 g/mol. The van der Waals surface area contributed by atoms with E-state index in [1.807, 2.05) is 30.3 Å². The predicted molar refractivity (Wildman–Crippen MR) is 207 cm³/mol. The summed E-state index contributed by atoms with van der Waals surface area (Å²) in [6.07, 6.45) is 4.15. The van der Waals surface area contributed by atoms with Gasteiger partial charge >= 0.3 is 0 Å². The summed E-state index contributed by atoms with van der Waals surface area (Å²) in [5.74, 6) is 2.75.